The molecule has 0 saturated heterocycles. The lowest BCUT2D eigenvalue weighted by atomic mass is 10.0. The van der Waals surface area contributed by atoms with Gasteiger partial charge in [0, 0.05) is 0 Å². The van der Waals surface area contributed by atoms with Crippen LogP contribution in [-0.2, 0) is 16.4 Å². The van der Waals surface area contributed by atoms with Crippen LogP contribution in [0.5, 0.6) is 0 Å². The number of aliphatic hydroxyl groups excluding tert-OH is 1. The topological polar surface area (TPSA) is 57.6 Å². The van der Waals surface area contributed by atoms with Crippen molar-refractivity contribution in [1.29, 1.82) is 0 Å². The number of para-hydroxylation sites is 1. The van der Waals surface area contributed by atoms with Crippen molar-refractivity contribution in [3.8, 4) is 0 Å². The lowest BCUT2D eigenvalue weighted by Gasteiger charge is -2.23. The van der Waals surface area contributed by atoms with E-state index in [-0.39, 0.29) is 18.0 Å². The predicted molar refractivity (Wildman–Crippen MR) is 97.7 cm³/mol. The molecule has 2 aromatic carbocycles. The summed E-state index contributed by atoms with van der Waals surface area (Å²) < 4.78 is 27.1. The van der Waals surface area contributed by atoms with Gasteiger partial charge in [-0.25, -0.2) is 8.42 Å². The standard InChI is InChI=1S/C19H25NO3S/c1-16(2)8-9-17-10-12-19(13-11-17)24(22,23)20(14-15-21)18-6-4-3-5-7-18/h3-7,10-13,16,21H,8-9,14-15H2,1-2H3. The Hall–Kier alpha value is -1.85. The van der Waals surface area contributed by atoms with Gasteiger partial charge in [-0.05, 0) is 48.6 Å². The number of rotatable bonds is 8. The van der Waals surface area contributed by atoms with E-state index in [0.29, 0.717) is 11.6 Å². The minimum Gasteiger partial charge on any atom is -0.394 e. The number of aliphatic hydroxyl groups is 1. The predicted octanol–water partition coefficient (Wildman–Crippen LogP) is 3.46. The van der Waals surface area contributed by atoms with Gasteiger partial charge >= 0.3 is 0 Å². The molecule has 0 heterocycles. The van der Waals surface area contributed by atoms with Crippen LogP contribution in [0.15, 0.2) is 59.5 Å². The highest BCUT2D eigenvalue weighted by atomic mass is 32.2. The Kier molecular flexibility index (Phi) is 6.40. The molecule has 4 nitrogen and oxygen atoms in total. The number of benzene rings is 2. The van der Waals surface area contributed by atoms with Crippen LogP contribution in [0.25, 0.3) is 0 Å². The van der Waals surface area contributed by atoms with Crippen LogP contribution < -0.4 is 4.31 Å². The van der Waals surface area contributed by atoms with Gasteiger partial charge in [-0.3, -0.25) is 4.31 Å². The smallest absolute Gasteiger partial charge is 0.264 e. The maximum Gasteiger partial charge on any atom is 0.264 e. The van der Waals surface area contributed by atoms with Crippen molar-refractivity contribution >= 4 is 15.7 Å². The zero-order valence-electron chi connectivity index (χ0n) is 14.2. The van der Waals surface area contributed by atoms with Crippen molar-refractivity contribution in [3.05, 3.63) is 60.2 Å². The van der Waals surface area contributed by atoms with E-state index in [1.54, 1.807) is 36.4 Å². The number of nitrogens with zero attached hydrogens (tertiary/aromatic N) is 1. The van der Waals surface area contributed by atoms with Crippen molar-refractivity contribution in [2.75, 3.05) is 17.5 Å². The van der Waals surface area contributed by atoms with E-state index in [0.717, 1.165) is 18.4 Å². The van der Waals surface area contributed by atoms with E-state index in [1.165, 1.54) is 4.31 Å². The summed E-state index contributed by atoms with van der Waals surface area (Å²) in [6.45, 7) is 4.14. The molecule has 0 aromatic heterocycles. The summed E-state index contributed by atoms with van der Waals surface area (Å²) in [6, 6.07) is 15.9. The summed E-state index contributed by atoms with van der Waals surface area (Å²) in [5, 5.41) is 9.27. The highest BCUT2D eigenvalue weighted by Crippen LogP contribution is 2.23. The monoisotopic (exact) mass is 347 g/mol. The molecular formula is C19H25NO3S. The van der Waals surface area contributed by atoms with Gasteiger partial charge in [0.15, 0.2) is 0 Å². The van der Waals surface area contributed by atoms with Crippen LogP contribution in [-0.4, -0.2) is 26.7 Å². The molecule has 0 aliphatic heterocycles. The summed E-state index contributed by atoms with van der Waals surface area (Å²) in [6.07, 6.45) is 2.02. The van der Waals surface area contributed by atoms with Gasteiger partial charge in [-0.15, -0.1) is 0 Å². The fourth-order valence-corrected chi connectivity index (χ4v) is 3.94. The molecule has 0 radical (unpaired) electrons. The zero-order valence-corrected chi connectivity index (χ0v) is 15.0. The van der Waals surface area contributed by atoms with Gasteiger partial charge in [0.2, 0.25) is 0 Å². The molecule has 24 heavy (non-hydrogen) atoms. The quantitative estimate of drug-likeness (QED) is 0.795. The zero-order chi connectivity index (χ0) is 17.6. The Morgan fingerprint density at radius 3 is 2.17 bits per heavy atom. The number of anilines is 1. The van der Waals surface area contributed by atoms with E-state index in [9.17, 15) is 13.5 Å². The maximum atomic E-state index is 12.9. The molecule has 1 N–H and O–H groups in total. The van der Waals surface area contributed by atoms with Crippen molar-refractivity contribution in [2.45, 2.75) is 31.6 Å². The molecule has 0 atom stereocenters. The summed E-state index contributed by atoms with van der Waals surface area (Å²) in [5.74, 6) is 0.617. The third-order valence-electron chi connectivity index (χ3n) is 3.87. The van der Waals surface area contributed by atoms with Crippen LogP contribution >= 0.6 is 0 Å². The van der Waals surface area contributed by atoms with Crippen LogP contribution in [0.3, 0.4) is 0 Å². The Morgan fingerprint density at radius 2 is 1.62 bits per heavy atom. The first-order valence-corrected chi connectivity index (χ1v) is 9.66. The Morgan fingerprint density at radius 1 is 1.00 bits per heavy atom. The summed E-state index contributed by atoms with van der Waals surface area (Å²) in [7, 11) is -3.69. The number of sulfonamides is 1. The number of aryl methyl sites for hydroxylation is 1. The second-order valence-electron chi connectivity index (χ2n) is 6.21. The van der Waals surface area contributed by atoms with Crippen molar-refractivity contribution < 1.29 is 13.5 Å². The molecule has 5 heteroatoms. The van der Waals surface area contributed by atoms with Crippen LogP contribution in [0.2, 0.25) is 0 Å². The minimum atomic E-state index is -3.69. The lowest BCUT2D eigenvalue weighted by molar-refractivity contribution is 0.306. The molecule has 0 aliphatic carbocycles. The second kappa shape index (κ2) is 8.31. The lowest BCUT2D eigenvalue weighted by Crippen LogP contribution is -2.33. The Balaban J connectivity index is 2.27. The molecule has 0 amide bonds. The molecule has 0 aliphatic rings. The average molecular weight is 347 g/mol. The van der Waals surface area contributed by atoms with E-state index in [4.69, 9.17) is 0 Å². The van der Waals surface area contributed by atoms with Gasteiger partial charge in [0.05, 0.1) is 23.7 Å². The highest BCUT2D eigenvalue weighted by molar-refractivity contribution is 7.92. The SMILES string of the molecule is CC(C)CCc1ccc(S(=O)(=O)N(CCO)c2ccccc2)cc1. The molecular weight excluding hydrogens is 322 g/mol. The van der Waals surface area contributed by atoms with Crippen molar-refractivity contribution in [3.63, 3.8) is 0 Å². The summed E-state index contributed by atoms with van der Waals surface area (Å²) in [5.41, 5.74) is 1.69. The van der Waals surface area contributed by atoms with Gasteiger partial charge < -0.3 is 5.11 Å². The first-order valence-electron chi connectivity index (χ1n) is 8.22. The van der Waals surface area contributed by atoms with Gasteiger partial charge in [-0.2, -0.15) is 0 Å². The molecule has 2 aromatic rings. The maximum absolute atomic E-state index is 12.9. The van der Waals surface area contributed by atoms with Gasteiger partial charge in [0.1, 0.15) is 0 Å². The second-order valence-corrected chi connectivity index (χ2v) is 8.08. The molecule has 0 unspecified atom stereocenters. The van der Waals surface area contributed by atoms with Crippen molar-refractivity contribution in [2.24, 2.45) is 5.92 Å². The Bertz CT molecular complexity index is 725. The highest BCUT2D eigenvalue weighted by Gasteiger charge is 2.24. The average Bonchev–Trinajstić information content (AvgIpc) is 2.59. The van der Waals surface area contributed by atoms with Crippen LogP contribution in [0.1, 0.15) is 25.8 Å². The molecule has 130 valence electrons. The van der Waals surface area contributed by atoms with Crippen molar-refractivity contribution in [1.82, 2.24) is 0 Å². The largest absolute Gasteiger partial charge is 0.394 e. The van der Waals surface area contributed by atoms with Crippen LogP contribution in [0, 0.1) is 5.92 Å². The third-order valence-corrected chi connectivity index (χ3v) is 5.71. The summed E-state index contributed by atoms with van der Waals surface area (Å²) in [4.78, 5) is 0.244. The first kappa shape index (κ1) is 18.5. The molecule has 0 fully saturated rings. The molecule has 0 saturated carbocycles. The van der Waals surface area contributed by atoms with E-state index < -0.39 is 10.0 Å². The van der Waals surface area contributed by atoms with E-state index in [2.05, 4.69) is 13.8 Å². The number of hydrogen-bond donors (Lipinski definition) is 1. The van der Waals surface area contributed by atoms with E-state index in [1.807, 2.05) is 18.2 Å². The minimum absolute atomic E-state index is 0.0292. The summed E-state index contributed by atoms with van der Waals surface area (Å²) >= 11 is 0. The van der Waals surface area contributed by atoms with Gasteiger partial charge in [0.25, 0.3) is 10.0 Å². The fraction of sp³-hybridized carbons (Fsp3) is 0.368. The molecule has 0 bridgehead atoms. The fourth-order valence-electron chi connectivity index (χ4n) is 2.48. The normalized spacial score (nSPS) is 11.7. The Labute approximate surface area is 144 Å². The third kappa shape index (κ3) is 4.58. The van der Waals surface area contributed by atoms with E-state index >= 15 is 0 Å². The number of hydrogen-bond acceptors (Lipinski definition) is 3. The van der Waals surface area contributed by atoms with Gasteiger partial charge in [-0.1, -0.05) is 44.2 Å². The molecule has 2 rings (SSSR count). The van der Waals surface area contributed by atoms with Crippen LogP contribution in [0.4, 0.5) is 5.69 Å². The molecule has 0 spiro atoms. The first-order chi connectivity index (χ1) is 11.4.